The number of carbonyl (C=O) groups excluding carboxylic acids is 1. The Balaban J connectivity index is 1.55. The Hall–Kier alpha value is -2.33. The highest BCUT2D eigenvalue weighted by Gasteiger charge is 2.45. The zero-order chi connectivity index (χ0) is 25.6. The molecule has 8 nitrogen and oxygen atoms in total. The van der Waals surface area contributed by atoms with Crippen LogP contribution in [-0.4, -0.2) is 53.7 Å². The molecule has 0 aliphatic carbocycles. The minimum absolute atomic E-state index is 0.0503. The lowest BCUT2D eigenvalue weighted by atomic mass is 9.98. The number of hydrogen-bond acceptors (Lipinski definition) is 8. The molecule has 0 amide bonds. The molecular formula is C26H38N4O4S. The van der Waals surface area contributed by atoms with Gasteiger partial charge in [-0.2, -0.15) is 0 Å². The quantitative estimate of drug-likeness (QED) is 0.146. The molecule has 1 aromatic carbocycles. The molecule has 3 atom stereocenters. The standard InChI is InChI=1S/C26H38N4O4S/c1-7-8-9-10-11-20-12-14-21(15-13-20)33-19(2)16-23(31)34-22-17-29(6)18-30(22,32)25-28-27-24(35-25)26(3,4)5/h7-8,12-15,19,22H,9-11,16-18H2,1-6H3. The van der Waals surface area contributed by atoms with Gasteiger partial charge in [-0.05, 0) is 69.2 Å². The van der Waals surface area contributed by atoms with Crippen molar-refractivity contribution in [2.24, 2.45) is 0 Å². The summed E-state index contributed by atoms with van der Waals surface area (Å²) in [5, 5.41) is 23.2. The number of unbranched alkanes of at least 4 members (excludes halogenated alkanes) is 1. The maximum Gasteiger partial charge on any atom is 0.314 e. The van der Waals surface area contributed by atoms with Crippen molar-refractivity contribution in [2.45, 2.75) is 78.0 Å². The largest absolute Gasteiger partial charge is 0.622 e. The van der Waals surface area contributed by atoms with Crippen molar-refractivity contribution in [3.63, 3.8) is 0 Å². The Labute approximate surface area is 212 Å². The molecule has 1 aliphatic rings. The van der Waals surface area contributed by atoms with Crippen LogP contribution in [0.3, 0.4) is 0 Å². The van der Waals surface area contributed by atoms with E-state index in [0.717, 1.165) is 24.3 Å². The Morgan fingerprint density at radius 3 is 2.66 bits per heavy atom. The number of rotatable bonds is 10. The molecule has 0 saturated carbocycles. The van der Waals surface area contributed by atoms with Gasteiger partial charge in [0.2, 0.25) is 0 Å². The fraction of sp³-hybridized carbons (Fsp3) is 0.577. The van der Waals surface area contributed by atoms with Gasteiger partial charge in [0.1, 0.15) is 23.5 Å². The van der Waals surface area contributed by atoms with E-state index in [2.05, 4.69) is 34.5 Å². The monoisotopic (exact) mass is 502 g/mol. The Morgan fingerprint density at radius 1 is 1.31 bits per heavy atom. The van der Waals surface area contributed by atoms with Crippen LogP contribution >= 0.6 is 11.3 Å². The highest BCUT2D eigenvalue weighted by molar-refractivity contribution is 7.15. The van der Waals surface area contributed by atoms with Gasteiger partial charge in [0.15, 0.2) is 0 Å². The summed E-state index contributed by atoms with van der Waals surface area (Å²) in [6, 6.07) is 7.98. The Morgan fingerprint density at radius 2 is 2.03 bits per heavy atom. The number of likely N-dealkylation sites (N-methyl/N-ethyl adjacent to an activating group) is 1. The van der Waals surface area contributed by atoms with Crippen molar-refractivity contribution in [3.05, 3.63) is 52.2 Å². The van der Waals surface area contributed by atoms with E-state index in [1.54, 1.807) is 0 Å². The molecule has 2 heterocycles. The molecule has 3 unspecified atom stereocenters. The molecule has 0 radical (unpaired) electrons. The molecule has 9 heteroatoms. The number of quaternary nitrogens is 1. The smallest absolute Gasteiger partial charge is 0.314 e. The molecule has 3 rings (SSSR count). The van der Waals surface area contributed by atoms with Gasteiger partial charge >= 0.3 is 11.1 Å². The average molecular weight is 503 g/mol. The van der Waals surface area contributed by atoms with Crippen molar-refractivity contribution in [1.82, 2.24) is 19.7 Å². The van der Waals surface area contributed by atoms with Crippen LogP contribution in [0.1, 0.15) is 64.5 Å². The van der Waals surface area contributed by atoms with E-state index in [9.17, 15) is 10.0 Å². The number of ether oxygens (including phenoxy) is 2. The predicted octanol–water partition coefficient (Wildman–Crippen LogP) is 5.17. The second-order valence-electron chi connectivity index (χ2n) is 10.3. The predicted molar refractivity (Wildman–Crippen MR) is 140 cm³/mol. The fourth-order valence-corrected chi connectivity index (χ4v) is 4.89. The summed E-state index contributed by atoms with van der Waals surface area (Å²) < 4.78 is 10.8. The number of nitrogens with zero attached hydrogens (tertiary/aromatic N) is 4. The van der Waals surface area contributed by atoms with Crippen LogP contribution in [-0.2, 0) is 21.4 Å². The van der Waals surface area contributed by atoms with E-state index in [1.165, 1.54) is 16.9 Å². The first-order valence-electron chi connectivity index (χ1n) is 12.2. The van der Waals surface area contributed by atoms with E-state index in [4.69, 9.17) is 9.47 Å². The fourth-order valence-electron chi connectivity index (χ4n) is 3.92. The molecule has 1 aromatic heterocycles. The summed E-state index contributed by atoms with van der Waals surface area (Å²) in [6.07, 6.45) is 6.23. The molecule has 2 aromatic rings. The average Bonchev–Trinajstić information content (AvgIpc) is 3.38. The number of hydrogen-bond donors (Lipinski definition) is 0. The molecular weight excluding hydrogens is 464 g/mol. The summed E-state index contributed by atoms with van der Waals surface area (Å²) in [4.78, 5) is 14.6. The van der Waals surface area contributed by atoms with Crippen molar-refractivity contribution in [1.29, 1.82) is 0 Å². The number of allylic oxidation sites excluding steroid dienone is 2. The highest BCUT2D eigenvalue weighted by atomic mass is 32.1. The highest BCUT2D eigenvalue weighted by Crippen LogP contribution is 2.37. The maximum absolute atomic E-state index is 13.7. The minimum atomic E-state index is -0.887. The first-order chi connectivity index (χ1) is 16.5. The van der Waals surface area contributed by atoms with Gasteiger partial charge in [-0.15, -0.1) is 5.10 Å². The second kappa shape index (κ2) is 11.6. The van der Waals surface area contributed by atoms with Crippen LogP contribution in [0, 0.1) is 5.21 Å². The minimum Gasteiger partial charge on any atom is -0.622 e. The Kier molecular flexibility index (Phi) is 9.04. The van der Waals surface area contributed by atoms with Crippen LogP contribution < -0.4 is 9.38 Å². The number of aryl methyl sites for hydroxylation is 1. The lowest BCUT2D eigenvalue weighted by molar-refractivity contribution is -0.155. The van der Waals surface area contributed by atoms with Crippen molar-refractivity contribution >= 4 is 22.4 Å². The van der Waals surface area contributed by atoms with Crippen LogP contribution in [0.4, 0.5) is 5.13 Å². The number of esters is 1. The number of aromatic nitrogens is 2. The van der Waals surface area contributed by atoms with E-state index in [1.807, 2.05) is 58.7 Å². The number of hydroxylamine groups is 2. The summed E-state index contributed by atoms with van der Waals surface area (Å²) in [7, 11) is 1.83. The topological polar surface area (TPSA) is 87.6 Å². The van der Waals surface area contributed by atoms with E-state index in [0.29, 0.717) is 17.4 Å². The summed E-state index contributed by atoms with van der Waals surface area (Å²) in [5.41, 5.74) is 1.06. The molecule has 35 heavy (non-hydrogen) atoms. The second-order valence-corrected chi connectivity index (χ2v) is 11.3. The van der Waals surface area contributed by atoms with Gasteiger partial charge < -0.3 is 14.7 Å². The summed E-state index contributed by atoms with van der Waals surface area (Å²) in [6.45, 7) is 10.4. The number of carbonyl (C=O) groups is 1. The lowest BCUT2D eigenvalue weighted by Gasteiger charge is -2.38. The van der Waals surface area contributed by atoms with Crippen LogP contribution in [0.2, 0.25) is 0 Å². The first-order valence-corrected chi connectivity index (χ1v) is 13.0. The molecule has 192 valence electrons. The van der Waals surface area contributed by atoms with Crippen molar-refractivity contribution in [3.8, 4) is 5.75 Å². The maximum atomic E-state index is 13.7. The molecule has 0 spiro atoms. The third-order valence-corrected chi connectivity index (χ3v) is 7.28. The van der Waals surface area contributed by atoms with Gasteiger partial charge in [-0.3, -0.25) is 9.44 Å². The lowest BCUT2D eigenvalue weighted by Crippen LogP contribution is -2.51. The normalized spacial score (nSPS) is 22.0. The first kappa shape index (κ1) is 27.3. The Bertz CT molecular complexity index is 1000. The third kappa shape index (κ3) is 7.33. The molecule has 0 N–H and O–H groups in total. The molecule has 1 saturated heterocycles. The molecule has 0 bridgehead atoms. The van der Waals surface area contributed by atoms with Gasteiger partial charge in [-0.25, -0.2) is 4.90 Å². The van der Waals surface area contributed by atoms with Crippen LogP contribution in [0.5, 0.6) is 5.75 Å². The van der Waals surface area contributed by atoms with E-state index in [-0.39, 0.29) is 24.6 Å². The van der Waals surface area contributed by atoms with Crippen LogP contribution in [0.25, 0.3) is 0 Å². The van der Waals surface area contributed by atoms with Gasteiger partial charge in [-0.1, -0.05) is 50.2 Å². The SMILES string of the molecule is CC=CCCCc1ccc(OC(C)CC(=O)OC2CN(C)C[N+]2([O-])c2nnc(C(C)(C)C)s2)cc1. The van der Waals surface area contributed by atoms with Crippen LogP contribution in [0.15, 0.2) is 36.4 Å². The van der Waals surface area contributed by atoms with Gasteiger partial charge in [0.05, 0.1) is 13.0 Å². The number of benzene rings is 1. The molecule has 1 fully saturated rings. The zero-order valence-electron chi connectivity index (χ0n) is 21.7. The van der Waals surface area contributed by atoms with Crippen molar-refractivity contribution < 1.29 is 14.3 Å². The molecule has 1 aliphatic heterocycles. The van der Waals surface area contributed by atoms with Gasteiger partial charge in [0, 0.05) is 5.41 Å². The zero-order valence-corrected chi connectivity index (χ0v) is 22.5. The van der Waals surface area contributed by atoms with E-state index < -0.39 is 16.8 Å². The van der Waals surface area contributed by atoms with E-state index >= 15 is 0 Å². The van der Waals surface area contributed by atoms with Gasteiger partial charge in [0.25, 0.3) is 6.23 Å². The summed E-state index contributed by atoms with van der Waals surface area (Å²) >= 11 is 1.28. The summed E-state index contributed by atoms with van der Waals surface area (Å²) in [5.74, 6) is 0.248. The third-order valence-electron chi connectivity index (χ3n) is 5.82. The van der Waals surface area contributed by atoms with Crippen molar-refractivity contribution in [2.75, 3.05) is 20.3 Å².